The van der Waals surface area contributed by atoms with Crippen molar-refractivity contribution in [1.82, 2.24) is 0 Å². The number of hydrogen-bond acceptors (Lipinski definition) is 3. The molecule has 4 heteroatoms. The Morgan fingerprint density at radius 1 is 1.04 bits per heavy atom. The second-order valence-corrected chi connectivity index (χ2v) is 6.80. The normalized spacial score (nSPS) is 27.5. The number of furan rings is 1. The number of aliphatic hydroxyl groups is 1. The third-order valence-corrected chi connectivity index (χ3v) is 5.72. The van der Waals surface area contributed by atoms with Gasteiger partial charge in [0.1, 0.15) is 5.58 Å². The van der Waals surface area contributed by atoms with Gasteiger partial charge in [-0.1, -0.05) is 24.3 Å². The van der Waals surface area contributed by atoms with Gasteiger partial charge in [-0.2, -0.15) is 0 Å². The predicted octanol–water partition coefficient (Wildman–Crippen LogP) is 3.86. The van der Waals surface area contributed by atoms with Crippen LogP contribution in [0.25, 0.3) is 11.0 Å². The number of aliphatic hydroxyl groups excluding tert-OH is 1. The summed E-state index contributed by atoms with van der Waals surface area (Å²) in [4.78, 5) is 11.2. The standard InChI is InChI=1S/C20H16O4/c21-19-15-8-14(11-6-5-10(20(22)23)7-13(11)15)18(19)16-9-24-17-4-2-1-3-12(16)17/h1-7,9,14-15,18-19,21H,8H2,(H,22,23)/t14-,15+,18+,19?/m1/s1. The maximum Gasteiger partial charge on any atom is 0.335 e. The molecule has 2 aromatic carbocycles. The van der Waals surface area contributed by atoms with Crippen molar-refractivity contribution in [3.8, 4) is 0 Å². The average molecular weight is 320 g/mol. The van der Waals surface area contributed by atoms with Crippen LogP contribution in [-0.2, 0) is 0 Å². The van der Waals surface area contributed by atoms with E-state index >= 15 is 0 Å². The molecule has 4 atom stereocenters. The van der Waals surface area contributed by atoms with E-state index in [4.69, 9.17) is 4.42 Å². The highest BCUT2D eigenvalue weighted by molar-refractivity contribution is 5.88. The van der Waals surface area contributed by atoms with E-state index in [1.54, 1.807) is 18.4 Å². The molecule has 0 aliphatic heterocycles. The molecule has 2 aliphatic carbocycles. The Bertz CT molecular complexity index is 971. The van der Waals surface area contributed by atoms with E-state index in [1.807, 2.05) is 30.3 Å². The summed E-state index contributed by atoms with van der Waals surface area (Å²) in [6.45, 7) is 0. The molecule has 120 valence electrons. The molecule has 4 nitrogen and oxygen atoms in total. The van der Waals surface area contributed by atoms with Crippen molar-refractivity contribution in [1.29, 1.82) is 0 Å². The first-order valence-corrected chi connectivity index (χ1v) is 8.16. The maximum atomic E-state index is 11.2. The molecule has 2 bridgehead atoms. The Kier molecular flexibility index (Phi) is 2.71. The Morgan fingerprint density at radius 2 is 1.88 bits per heavy atom. The number of hydrogen-bond donors (Lipinski definition) is 2. The zero-order chi connectivity index (χ0) is 16.4. The monoisotopic (exact) mass is 320 g/mol. The minimum atomic E-state index is -0.924. The quantitative estimate of drug-likeness (QED) is 0.752. The summed E-state index contributed by atoms with van der Waals surface area (Å²) in [7, 11) is 0. The molecule has 0 radical (unpaired) electrons. The van der Waals surface area contributed by atoms with Gasteiger partial charge in [-0.25, -0.2) is 4.79 Å². The molecule has 1 aromatic heterocycles. The SMILES string of the molecule is O=C(O)c1ccc2c(c1)[C@@H]1C[C@H]2[C@@H](c2coc3ccccc23)C1O. The fraction of sp³-hybridized carbons (Fsp3) is 0.250. The molecule has 2 aliphatic rings. The number of carboxylic acid groups (broad SMARTS) is 1. The Hall–Kier alpha value is -2.59. The van der Waals surface area contributed by atoms with E-state index in [9.17, 15) is 15.0 Å². The third-order valence-electron chi connectivity index (χ3n) is 5.72. The van der Waals surface area contributed by atoms with Gasteiger partial charge in [0, 0.05) is 22.8 Å². The summed E-state index contributed by atoms with van der Waals surface area (Å²) >= 11 is 0. The molecule has 0 amide bonds. The molecule has 1 heterocycles. The molecule has 0 spiro atoms. The topological polar surface area (TPSA) is 70.7 Å². The zero-order valence-corrected chi connectivity index (χ0v) is 12.8. The van der Waals surface area contributed by atoms with Gasteiger partial charge in [-0.3, -0.25) is 0 Å². The summed E-state index contributed by atoms with van der Waals surface area (Å²) in [5.41, 5.74) is 4.35. The predicted molar refractivity (Wildman–Crippen MR) is 88.5 cm³/mol. The number of rotatable bonds is 2. The summed E-state index contributed by atoms with van der Waals surface area (Å²) < 4.78 is 5.67. The second-order valence-electron chi connectivity index (χ2n) is 6.80. The van der Waals surface area contributed by atoms with E-state index in [1.165, 1.54) is 5.56 Å². The third kappa shape index (κ3) is 1.69. The molecule has 1 fully saturated rings. The van der Waals surface area contributed by atoms with Crippen LogP contribution in [0.3, 0.4) is 0 Å². The highest BCUT2D eigenvalue weighted by atomic mass is 16.4. The first kappa shape index (κ1) is 13.8. The van der Waals surface area contributed by atoms with E-state index < -0.39 is 12.1 Å². The minimum Gasteiger partial charge on any atom is -0.478 e. The zero-order valence-electron chi connectivity index (χ0n) is 12.8. The van der Waals surface area contributed by atoms with E-state index in [0.29, 0.717) is 5.56 Å². The molecule has 2 N–H and O–H groups in total. The number of aromatic carboxylic acids is 1. The van der Waals surface area contributed by atoms with Crippen LogP contribution in [0.2, 0.25) is 0 Å². The minimum absolute atomic E-state index is 0.00169. The van der Waals surface area contributed by atoms with Crippen molar-refractivity contribution < 1.29 is 19.4 Å². The lowest BCUT2D eigenvalue weighted by atomic mass is 9.77. The van der Waals surface area contributed by atoms with E-state index in [0.717, 1.165) is 28.5 Å². The second kappa shape index (κ2) is 4.71. The van der Waals surface area contributed by atoms with Crippen molar-refractivity contribution >= 4 is 16.9 Å². The Morgan fingerprint density at radius 3 is 2.71 bits per heavy atom. The summed E-state index contributed by atoms with van der Waals surface area (Å²) in [5, 5.41) is 21.1. The van der Waals surface area contributed by atoms with Crippen LogP contribution in [0.4, 0.5) is 0 Å². The average Bonchev–Trinajstić information content (AvgIpc) is 3.26. The van der Waals surface area contributed by atoms with Crippen molar-refractivity contribution in [3.05, 3.63) is 71.0 Å². The van der Waals surface area contributed by atoms with Gasteiger partial charge in [0.2, 0.25) is 0 Å². The van der Waals surface area contributed by atoms with Gasteiger partial charge in [-0.15, -0.1) is 0 Å². The molecule has 3 aromatic rings. The lowest BCUT2D eigenvalue weighted by Crippen LogP contribution is -2.25. The largest absolute Gasteiger partial charge is 0.478 e. The van der Waals surface area contributed by atoms with Gasteiger partial charge in [0.05, 0.1) is 17.9 Å². The van der Waals surface area contributed by atoms with Gasteiger partial charge in [0.15, 0.2) is 0 Å². The molecular formula is C20H16O4. The van der Waals surface area contributed by atoms with Crippen LogP contribution in [0.5, 0.6) is 0 Å². The Balaban J connectivity index is 1.63. The van der Waals surface area contributed by atoms with Crippen molar-refractivity contribution in [2.75, 3.05) is 0 Å². The molecule has 1 saturated carbocycles. The highest BCUT2D eigenvalue weighted by Crippen LogP contribution is 2.60. The van der Waals surface area contributed by atoms with Crippen LogP contribution >= 0.6 is 0 Å². The lowest BCUT2D eigenvalue weighted by molar-refractivity contribution is 0.0696. The highest BCUT2D eigenvalue weighted by Gasteiger charge is 2.51. The fourth-order valence-corrected chi connectivity index (χ4v) is 4.70. The smallest absolute Gasteiger partial charge is 0.335 e. The Labute approximate surface area is 138 Å². The summed E-state index contributed by atoms with van der Waals surface area (Å²) in [6, 6.07) is 13.2. The molecule has 5 rings (SSSR count). The molecular weight excluding hydrogens is 304 g/mol. The lowest BCUT2D eigenvalue weighted by Gasteiger charge is -2.29. The number of carboxylic acids is 1. The van der Waals surface area contributed by atoms with Crippen molar-refractivity contribution in [3.63, 3.8) is 0 Å². The summed E-state index contributed by atoms with van der Waals surface area (Å²) in [5.74, 6) is -0.707. The van der Waals surface area contributed by atoms with Crippen LogP contribution in [0, 0.1) is 0 Å². The number of benzene rings is 2. The summed E-state index contributed by atoms with van der Waals surface area (Å²) in [6.07, 6.45) is 2.13. The van der Waals surface area contributed by atoms with Gasteiger partial charge in [0.25, 0.3) is 0 Å². The van der Waals surface area contributed by atoms with Crippen molar-refractivity contribution in [2.45, 2.75) is 30.3 Å². The first-order valence-electron chi connectivity index (χ1n) is 8.16. The van der Waals surface area contributed by atoms with Gasteiger partial charge < -0.3 is 14.6 Å². The van der Waals surface area contributed by atoms with Crippen LogP contribution in [0.1, 0.15) is 51.2 Å². The molecule has 1 unspecified atom stereocenters. The molecule has 24 heavy (non-hydrogen) atoms. The van der Waals surface area contributed by atoms with Crippen LogP contribution in [0.15, 0.2) is 53.1 Å². The van der Waals surface area contributed by atoms with Crippen molar-refractivity contribution in [2.24, 2.45) is 0 Å². The first-order chi connectivity index (χ1) is 11.6. The number of fused-ring (bicyclic) bond motifs is 6. The van der Waals surface area contributed by atoms with Gasteiger partial charge in [-0.05, 0) is 41.7 Å². The van der Waals surface area contributed by atoms with Crippen LogP contribution in [-0.4, -0.2) is 22.3 Å². The van der Waals surface area contributed by atoms with Gasteiger partial charge >= 0.3 is 5.97 Å². The van der Waals surface area contributed by atoms with E-state index in [2.05, 4.69) is 0 Å². The molecule has 0 saturated heterocycles. The number of carbonyl (C=O) groups is 1. The number of para-hydroxylation sites is 1. The van der Waals surface area contributed by atoms with Crippen LogP contribution < -0.4 is 0 Å². The fourth-order valence-electron chi connectivity index (χ4n) is 4.70. The van der Waals surface area contributed by atoms with E-state index in [-0.39, 0.29) is 17.8 Å². The maximum absolute atomic E-state index is 11.2.